The van der Waals surface area contributed by atoms with Crippen LogP contribution in [0.5, 0.6) is 5.75 Å². The van der Waals surface area contributed by atoms with Crippen molar-refractivity contribution in [3.05, 3.63) is 39.4 Å². The van der Waals surface area contributed by atoms with E-state index in [4.69, 9.17) is 5.26 Å². The van der Waals surface area contributed by atoms with Crippen molar-refractivity contribution >= 4 is 17.2 Å². The lowest BCUT2D eigenvalue weighted by atomic mass is 9.85. The molecule has 0 aliphatic heterocycles. The average molecular weight is 390 g/mol. The Hall–Kier alpha value is -3.16. The first-order valence-electron chi connectivity index (χ1n) is 7.24. The van der Waals surface area contributed by atoms with Crippen molar-refractivity contribution in [2.45, 2.75) is 33.3 Å². The molecule has 11 heteroatoms. The van der Waals surface area contributed by atoms with E-state index in [9.17, 15) is 37.6 Å². The largest absolute Gasteiger partial charge is 0.506 e. The molecule has 1 aromatic rings. The van der Waals surface area contributed by atoms with Crippen LogP contribution in [-0.2, 0) is 4.79 Å². The average Bonchev–Trinajstić information content (AvgIpc) is 2.53. The fourth-order valence-corrected chi connectivity index (χ4v) is 1.85. The van der Waals surface area contributed by atoms with E-state index >= 15 is 0 Å². The number of hydrogen-bond donors (Lipinski definition) is 1. The number of alkyl halides is 4. The molecule has 1 rings (SSSR count). The van der Waals surface area contributed by atoms with Crippen LogP contribution in [-0.4, -0.2) is 28.3 Å². The number of aliphatic hydroxyl groups is 1. The number of hydrogen-bond acceptors (Lipinski definition) is 6. The maximum absolute atomic E-state index is 13.0. The number of aliphatic hydroxyl groups excluding tert-OH is 1. The van der Waals surface area contributed by atoms with Gasteiger partial charge in [0, 0.05) is 5.41 Å². The number of nitrogens with zero attached hydrogens (tertiary/aromatic N) is 2. The molecule has 146 valence electrons. The van der Waals surface area contributed by atoms with Crippen LogP contribution in [0.1, 0.15) is 26.3 Å². The Kier molecular flexibility index (Phi) is 6.17. The minimum Gasteiger partial charge on any atom is -0.506 e. The molecule has 0 aliphatic rings. The molecule has 1 N–H and O–H groups in total. The highest BCUT2D eigenvalue weighted by Gasteiger charge is 2.44. The van der Waals surface area contributed by atoms with Gasteiger partial charge in [0.05, 0.1) is 16.6 Å². The van der Waals surface area contributed by atoms with Gasteiger partial charge in [-0.1, -0.05) is 20.8 Å². The van der Waals surface area contributed by atoms with Crippen molar-refractivity contribution in [1.29, 1.82) is 5.26 Å². The van der Waals surface area contributed by atoms with Gasteiger partial charge in [-0.15, -0.1) is 0 Å². The fraction of sp³-hybridized carbons (Fsp3) is 0.375. The number of halogens is 4. The summed E-state index contributed by atoms with van der Waals surface area (Å²) in [6, 6.07) is 3.19. The molecule has 0 amide bonds. The van der Waals surface area contributed by atoms with Gasteiger partial charge in [0.1, 0.15) is 17.4 Å². The zero-order chi connectivity index (χ0) is 21.2. The summed E-state index contributed by atoms with van der Waals surface area (Å²) in [7, 11) is 0. The number of nitriles is 1. The van der Waals surface area contributed by atoms with Gasteiger partial charge < -0.3 is 9.84 Å². The van der Waals surface area contributed by atoms with E-state index in [2.05, 4.69) is 4.74 Å². The molecule has 27 heavy (non-hydrogen) atoms. The minimum atomic E-state index is -4.90. The van der Waals surface area contributed by atoms with E-state index in [1.807, 2.05) is 0 Å². The summed E-state index contributed by atoms with van der Waals surface area (Å²) in [4.78, 5) is 22.3. The van der Waals surface area contributed by atoms with Crippen molar-refractivity contribution in [1.82, 2.24) is 0 Å². The fourth-order valence-electron chi connectivity index (χ4n) is 1.85. The second-order valence-electron chi connectivity index (χ2n) is 6.32. The Balaban J connectivity index is 3.53. The number of carbonyl (C=O) groups is 1. The lowest BCUT2D eigenvalue weighted by molar-refractivity contribution is -0.385. The summed E-state index contributed by atoms with van der Waals surface area (Å²) in [6.07, 6.45) is -9.08. The lowest BCUT2D eigenvalue weighted by Crippen LogP contribution is -2.33. The third-order valence-corrected chi connectivity index (χ3v) is 3.19. The number of rotatable bonds is 6. The number of ketones is 1. The standard InChI is InChI=1S/C16H14F4N2O5/c1-15(2,3)13(24)10(7-21)12(23)9-5-4-8(6-11(9)22(25)26)27-16(19,20)14(17)18/h4-6,14,23H,1-3H3/b12-10-. The van der Waals surface area contributed by atoms with Crippen LogP contribution in [0.25, 0.3) is 5.76 Å². The van der Waals surface area contributed by atoms with Gasteiger partial charge in [0.2, 0.25) is 0 Å². The van der Waals surface area contributed by atoms with Crippen molar-refractivity contribution in [3.8, 4) is 11.8 Å². The summed E-state index contributed by atoms with van der Waals surface area (Å²) < 4.78 is 54.0. The second kappa shape index (κ2) is 7.61. The molecular formula is C16H14F4N2O5. The predicted octanol–water partition coefficient (Wildman–Crippen LogP) is 4.24. The number of allylic oxidation sites excluding steroid dienone is 1. The van der Waals surface area contributed by atoms with E-state index in [0.29, 0.717) is 18.2 Å². The van der Waals surface area contributed by atoms with Crippen LogP contribution in [0.15, 0.2) is 23.8 Å². The molecule has 0 aliphatic carbocycles. The third kappa shape index (κ3) is 4.93. The van der Waals surface area contributed by atoms with Gasteiger partial charge in [0.25, 0.3) is 5.69 Å². The van der Waals surface area contributed by atoms with Gasteiger partial charge in [-0.2, -0.15) is 22.8 Å². The molecule has 7 nitrogen and oxygen atoms in total. The molecule has 0 spiro atoms. The summed E-state index contributed by atoms with van der Waals surface area (Å²) in [6.45, 7) is 4.33. The number of benzene rings is 1. The number of Topliss-reactive ketones (excluding diaryl/α,β-unsaturated/α-hetero) is 1. The maximum atomic E-state index is 13.0. The Morgan fingerprint density at radius 2 is 1.89 bits per heavy atom. The van der Waals surface area contributed by atoms with Gasteiger partial charge >= 0.3 is 12.5 Å². The monoisotopic (exact) mass is 390 g/mol. The van der Waals surface area contributed by atoms with Gasteiger partial charge in [-0.25, -0.2) is 0 Å². The Bertz CT molecular complexity index is 838. The molecule has 0 bridgehead atoms. The van der Waals surface area contributed by atoms with Crippen molar-refractivity contribution in [2.24, 2.45) is 5.41 Å². The molecule has 0 fully saturated rings. The first-order chi connectivity index (χ1) is 12.2. The van der Waals surface area contributed by atoms with Gasteiger partial charge in [-0.3, -0.25) is 14.9 Å². The second-order valence-corrected chi connectivity index (χ2v) is 6.32. The number of carbonyl (C=O) groups excluding carboxylic acids is 1. The zero-order valence-corrected chi connectivity index (χ0v) is 14.3. The van der Waals surface area contributed by atoms with Crippen LogP contribution in [0.4, 0.5) is 23.2 Å². The highest BCUT2D eigenvalue weighted by atomic mass is 19.3. The highest BCUT2D eigenvalue weighted by Crippen LogP contribution is 2.35. The van der Waals surface area contributed by atoms with E-state index < -0.39 is 57.0 Å². The number of nitro benzene ring substituents is 1. The number of ether oxygens (including phenoxy) is 1. The summed E-state index contributed by atoms with van der Waals surface area (Å²) in [5.41, 5.74) is -3.54. The summed E-state index contributed by atoms with van der Waals surface area (Å²) in [5, 5.41) is 30.5. The minimum absolute atomic E-state index is 0.373. The first-order valence-corrected chi connectivity index (χ1v) is 7.24. The Morgan fingerprint density at radius 3 is 2.30 bits per heavy atom. The Labute approximate surface area is 150 Å². The van der Waals surface area contributed by atoms with Crippen molar-refractivity contribution in [3.63, 3.8) is 0 Å². The Morgan fingerprint density at radius 1 is 1.33 bits per heavy atom. The van der Waals surface area contributed by atoms with Crippen LogP contribution in [0.2, 0.25) is 0 Å². The van der Waals surface area contributed by atoms with Crippen LogP contribution in [0.3, 0.4) is 0 Å². The van der Waals surface area contributed by atoms with Crippen LogP contribution < -0.4 is 4.74 Å². The molecule has 0 heterocycles. The molecule has 0 atom stereocenters. The van der Waals surface area contributed by atoms with E-state index in [-0.39, 0.29) is 0 Å². The van der Waals surface area contributed by atoms with E-state index in [1.54, 1.807) is 0 Å². The summed E-state index contributed by atoms with van der Waals surface area (Å²) in [5.74, 6) is -2.83. The van der Waals surface area contributed by atoms with E-state index in [1.165, 1.54) is 26.8 Å². The van der Waals surface area contributed by atoms with E-state index in [0.717, 1.165) is 0 Å². The topological polar surface area (TPSA) is 113 Å². The van der Waals surface area contributed by atoms with Crippen LogP contribution >= 0.6 is 0 Å². The predicted molar refractivity (Wildman–Crippen MR) is 84.3 cm³/mol. The maximum Gasteiger partial charge on any atom is 0.461 e. The molecule has 0 radical (unpaired) electrons. The molecule has 1 aromatic carbocycles. The van der Waals surface area contributed by atoms with Crippen LogP contribution in [0, 0.1) is 26.9 Å². The molecular weight excluding hydrogens is 376 g/mol. The number of nitro groups is 1. The smallest absolute Gasteiger partial charge is 0.461 e. The summed E-state index contributed by atoms with van der Waals surface area (Å²) >= 11 is 0. The SMILES string of the molecule is CC(C)(C)C(=O)/C(C#N)=C(\O)c1ccc(OC(F)(F)C(F)F)cc1[N+](=O)[O-]. The van der Waals surface area contributed by atoms with Gasteiger partial charge in [0.15, 0.2) is 11.5 Å². The zero-order valence-electron chi connectivity index (χ0n) is 14.3. The van der Waals surface area contributed by atoms with Gasteiger partial charge in [-0.05, 0) is 12.1 Å². The quantitative estimate of drug-likeness (QED) is 0.194. The van der Waals surface area contributed by atoms with Crippen molar-refractivity contribution in [2.75, 3.05) is 0 Å². The third-order valence-electron chi connectivity index (χ3n) is 3.19. The lowest BCUT2D eigenvalue weighted by Gasteiger charge is -2.18. The first kappa shape index (κ1) is 21.9. The van der Waals surface area contributed by atoms with Crippen molar-refractivity contribution < 1.29 is 37.1 Å². The molecule has 0 unspecified atom stereocenters. The highest BCUT2D eigenvalue weighted by molar-refractivity contribution is 6.08. The normalized spacial score (nSPS) is 13.0. The molecule has 0 saturated carbocycles. The molecule has 0 aromatic heterocycles. The molecule has 0 saturated heterocycles.